The first-order valence-electron chi connectivity index (χ1n) is 13.0. The Morgan fingerprint density at radius 2 is 1.24 bits per heavy atom. The van der Waals surface area contributed by atoms with Crippen LogP contribution < -0.4 is 5.73 Å². The number of aromatic hydroxyl groups is 1. The van der Waals surface area contributed by atoms with E-state index in [4.69, 9.17) is 19.0 Å². The topological polar surface area (TPSA) is 267 Å². The van der Waals surface area contributed by atoms with Gasteiger partial charge in [0.05, 0.1) is 40.7 Å². The minimum Gasteiger partial charge on any atom is -0.505 e. The van der Waals surface area contributed by atoms with Gasteiger partial charge in [0.2, 0.25) is 0 Å². The van der Waals surface area contributed by atoms with E-state index in [1.807, 2.05) is 50.2 Å². The molecule has 4 aromatic carbocycles. The average molecular weight is 926 g/mol. The van der Waals surface area contributed by atoms with E-state index in [1.165, 1.54) is 31.5 Å². The number of nitrogen functional groups attached to an aromatic ring is 1. The number of phenolic OH excluding ortho intramolecular Hbond substituents is 1. The molecule has 16 nitrogen and oxygen atoms in total. The van der Waals surface area contributed by atoms with Crippen molar-refractivity contribution in [3.8, 4) is 5.75 Å². The maximum absolute atomic E-state index is 11.0. The van der Waals surface area contributed by atoms with E-state index in [0.717, 1.165) is 11.1 Å². The second-order valence-corrected chi connectivity index (χ2v) is 13.5. The third kappa shape index (κ3) is 18.9. The Bertz CT molecular complexity index is 1850. The summed E-state index contributed by atoms with van der Waals surface area (Å²) in [6.45, 7) is 3.74. The van der Waals surface area contributed by atoms with E-state index >= 15 is 0 Å². The average Bonchev–Trinajstić information content (AvgIpc) is 2.97. The summed E-state index contributed by atoms with van der Waals surface area (Å²) >= 11 is -0.432. The van der Waals surface area contributed by atoms with Crippen molar-refractivity contribution in [2.75, 3.05) is 31.6 Å². The molecule has 22 heteroatoms. The number of anilines is 1. The molecule has 0 heterocycles. The summed E-state index contributed by atoms with van der Waals surface area (Å²) in [6.07, 6.45) is 3.69. The number of azo groups is 2. The molecule has 0 aliphatic carbocycles. The van der Waals surface area contributed by atoms with Crippen LogP contribution in [-0.2, 0) is 95.8 Å². The van der Waals surface area contributed by atoms with Gasteiger partial charge in [0.25, 0.3) is 10.1 Å². The van der Waals surface area contributed by atoms with Crippen LogP contribution in [0.4, 0.5) is 28.4 Å². The number of phenols is 1. The number of fused-ring (bicyclic) bond motifs is 1. The molecule has 0 aliphatic heterocycles. The maximum Gasteiger partial charge on any atom is 0.261 e. The van der Waals surface area contributed by atoms with Crippen molar-refractivity contribution in [3.63, 3.8) is 0 Å². The van der Waals surface area contributed by atoms with E-state index in [-0.39, 0.29) is 87.1 Å². The Balaban J connectivity index is 0. The van der Waals surface area contributed by atoms with Gasteiger partial charge in [-0.1, -0.05) is 42.5 Å². The smallest absolute Gasteiger partial charge is 0.261 e. The van der Waals surface area contributed by atoms with Gasteiger partial charge in [0, 0.05) is 90.0 Å². The number of nitrogens with zero attached hydrogens (tertiary/aromatic N) is 4. The van der Waals surface area contributed by atoms with E-state index in [9.17, 15) is 27.2 Å². The summed E-state index contributed by atoms with van der Waals surface area (Å²) in [5, 5.41) is 28.2. The summed E-state index contributed by atoms with van der Waals surface area (Å²) in [5.74, 6) is -0.468. The molecule has 4 rings (SSSR count). The van der Waals surface area contributed by atoms with Crippen LogP contribution in [-0.4, -0.2) is 66.4 Å². The van der Waals surface area contributed by atoms with Gasteiger partial charge < -0.3 is 29.1 Å². The number of aryl methyl sites for hydroxylation is 2. The van der Waals surface area contributed by atoms with Crippen LogP contribution in [0.3, 0.4) is 0 Å². The number of rotatable bonds is 7. The van der Waals surface area contributed by atoms with Crippen molar-refractivity contribution in [3.05, 3.63) is 77.9 Å². The zero-order valence-corrected chi connectivity index (χ0v) is 36.7. The normalized spacial score (nSPS) is 11.9. The quantitative estimate of drug-likeness (QED) is 0.0175. The number of benzene rings is 4. The standard InChI is InChI=1S/C24H23N5O4S.C2H6O2S.CH4O3S.CH4O2S.2Y/c1-14-7-3-5-9-17(14)26-28-19-12-11-16-13-20(34(31,32)33)23(24(30)21(16)22(19)25)29-27-18-10-6-4-8-15(18)2;1-3-4-5-2;1-5(2,3)4;1-4(2)3;;/h3-13,30-33H,25H2,1-2H3;1-2H3;1H3,(H,2,3,4);1H3,(H,2,3);;. The van der Waals surface area contributed by atoms with Gasteiger partial charge in [0.1, 0.15) is 33.3 Å². The van der Waals surface area contributed by atoms with Gasteiger partial charge >= 0.3 is 0 Å². The first kappa shape index (κ1) is 50.8. The fourth-order valence-electron chi connectivity index (χ4n) is 3.48. The molecule has 0 spiro atoms. The Labute approximate surface area is 349 Å². The SMILES string of the molecule is COOSC.CS(=O)(=O)O.CS(=O)O.Cc1ccccc1N=Nc1ccc2cc(S(O)(O)O)c(N=Nc3ccccc3C)c(O)c2c1N.[Y].[Y]. The minimum absolute atomic E-state index is 0. The van der Waals surface area contributed by atoms with Crippen LogP contribution in [0.2, 0.25) is 0 Å². The first-order chi connectivity index (χ1) is 22.3. The Morgan fingerprint density at radius 3 is 1.62 bits per heavy atom. The molecule has 0 aromatic heterocycles. The molecule has 1 unspecified atom stereocenters. The fourth-order valence-corrected chi connectivity index (χ4v) is 4.30. The van der Waals surface area contributed by atoms with E-state index in [1.54, 1.807) is 30.5 Å². The summed E-state index contributed by atoms with van der Waals surface area (Å²) in [5.41, 5.74) is 9.36. The maximum atomic E-state index is 11.0. The van der Waals surface area contributed by atoms with Gasteiger partial charge in [-0.25, -0.2) is 9.10 Å². The predicted molar refractivity (Wildman–Crippen MR) is 190 cm³/mol. The number of nitrogens with two attached hydrogens (primary N) is 1. The Hall–Kier alpha value is -1.33. The zero-order chi connectivity index (χ0) is 36.7. The summed E-state index contributed by atoms with van der Waals surface area (Å²) < 4.78 is 76.7. The van der Waals surface area contributed by atoms with Gasteiger partial charge in [0.15, 0.2) is 5.75 Å². The molecule has 270 valence electrons. The van der Waals surface area contributed by atoms with E-state index in [0.29, 0.717) is 28.7 Å². The molecule has 50 heavy (non-hydrogen) atoms. The second-order valence-electron chi connectivity index (χ2n) is 9.22. The molecule has 0 bridgehead atoms. The van der Waals surface area contributed by atoms with E-state index in [2.05, 4.69) is 29.7 Å². The molecule has 4 aromatic rings. The molecule has 0 amide bonds. The van der Waals surface area contributed by atoms with Crippen molar-refractivity contribution >= 4 is 83.3 Å². The third-order valence-electron chi connectivity index (χ3n) is 5.42. The van der Waals surface area contributed by atoms with Crippen molar-refractivity contribution in [2.24, 2.45) is 20.5 Å². The van der Waals surface area contributed by atoms with Crippen LogP contribution in [0.25, 0.3) is 10.8 Å². The van der Waals surface area contributed by atoms with Crippen molar-refractivity contribution in [1.29, 1.82) is 0 Å². The van der Waals surface area contributed by atoms with Gasteiger partial charge in [-0.05, 0) is 54.6 Å². The van der Waals surface area contributed by atoms with Crippen LogP contribution in [0.1, 0.15) is 11.1 Å². The number of hydrogen-bond acceptors (Lipinski definition) is 15. The minimum atomic E-state index is -4.23. The Morgan fingerprint density at radius 1 is 0.820 bits per heavy atom. The first-order valence-corrected chi connectivity index (χ1v) is 19.0. The zero-order valence-electron chi connectivity index (χ0n) is 27.7. The van der Waals surface area contributed by atoms with Crippen molar-refractivity contribution < 1.29 is 115 Å². The Kier molecular flexibility index (Phi) is 25.2. The van der Waals surface area contributed by atoms with Crippen LogP contribution in [0, 0.1) is 13.8 Å². The largest absolute Gasteiger partial charge is 0.505 e. The van der Waals surface area contributed by atoms with Gasteiger partial charge in [-0.15, -0.1) is 10.2 Å². The molecule has 2 radical (unpaired) electrons. The van der Waals surface area contributed by atoms with E-state index < -0.39 is 37.8 Å². The van der Waals surface area contributed by atoms with Crippen LogP contribution in [0.15, 0.2) is 92.1 Å². The van der Waals surface area contributed by atoms with Gasteiger partial charge in [-0.2, -0.15) is 23.0 Å². The molecule has 0 aliphatic rings. The monoisotopic (exact) mass is 925 g/mol. The fraction of sp³-hybridized carbons (Fsp3) is 0.214. The molecular weight excluding hydrogens is 888 g/mol. The molecule has 0 saturated carbocycles. The molecular formula is C28H37N5O11S4Y2. The van der Waals surface area contributed by atoms with Gasteiger partial charge in [-0.3, -0.25) is 4.55 Å². The molecule has 0 saturated heterocycles. The molecule has 0 fully saturated rings. The van der Waals surface area contributed by atoms with Crippen molar-refractivity contribution in [1.82, 2.24) is 0 Å². The predicted octanol–water partition coefficient (Wildman–Crippen LogP) is 8.34. The summed E-state index contributed by atoms with van der Waals surface area (Å²) in [4.78, 5) is 3.78. The van der Waals surface area contributed by atoms with Crippen molar-refractivity contribution in [2.45, 2.75) is 18.7 Å². The third-order valence-corrected chi connectivity index (χ3v) is 6.59. The van der Waals surface area contributed by atoms with Crippen LogP contribution >= 0.6 is 22.9 Å². The second kappa shape index (κ2) is 24.8. The summed E-state index contributed by atoms with van der Waals surface area (Å²) in [7, 11) is -6.43. The summed E-state index contributed by atoms with van der Waals surface area (Å²) in [6, 6.07) is 19.1. The molecule has 1 atom stereocenters. The number of hydrogen-bond donors (Lipinski definition) is 7. The molecule has 8 N–H and O–H groups in total. The van der Waals surface area contributed by atoms with Crippen LogP contribution in [0.5, 0.6) is 5.75 Å².